The summed E-state index contributed by atoms with van der Waals surface area (Å²) in [4.78, 5) is 45.6. The van der Waals surface area contributed by atoms with E-state index in [-0.39, 0.29) is 36.9 Å². The summed E-state index contributed by atoms with van der Waals surface area (Å²) in [6, 6.07) is 7.77. The van der Waals surface area contributed by atoms with E-state index >= 15 is 0 Å². The predicted octanol–water partition coefficient (Wildman–Crippen LogP) is 3.27. The molecule has 0 saturated heterocycles. The van der Waals surface area contributed by atoms with Crippen LogP contribution in [0.4, 0.5) is 8.78 Å². The molecule has 11 heteroatoms. The summed E-state index contributed by atoms with van der Waals surface area (Å²) in [7, 11) is 0. The number of carboxylic acids is 2. The van der Waals surface area contributed by atoms with Crippen LogP contribution in [0.25, 0.3) is 0 Å². The van der Waals surface area contributed by atoms with Crippen molar-refractivity contribution < 1.29 is 33.4 Å². The minimum atomic E-state index is -1.04. The fourth-order valence-electron chi connectivity index (χ4n) is 4.66. The molecule has 1 heterocycles. The van der Waals surface area contributed by atoms with E-state index in [1.54, 1.807) is 17.9 Å². The average Bonchev–Trinajstić information content (AvgIpc) is 3.29. The highest BCUT2D eigenvalue weighted by Gasteiger charge is 2.32. The van der Waals surface area contributed by atoms with Crippen molar-refractivity contribution in [2.75, 3.05) is 6.54 Å². The van der Waals surface area contributed by atoms with Crippen LogP contribution in [0.15, 0.2) is 42.7 Å². The SMILES string of the molecule is Cc1c(C(=O)O)ccc2c1CCC2N(CC(=O)O)Cc1cc(C(=O)NCc2ccc(F)c(F)c2)ncn1. The molecule has 0 spiro atoms. The zero-order valence-corrected chi connectivity index (χ0v) is 19.9. The van der Waals surface area contributed by atoms with E-state index in [1.165, 1.54) is 24.5 Å². The first kappa shape index (κ1) is 25.8. The number of nitrogens with one attached hydrogen (secondary N) is 1. The van der Waals surface area contributed by atoms with Gasteiger partial charge < -0.3 is 15.5 Å². The van der Waals surface area contributed by atoms with Crippen molar-refractivity contribution in [2.24, 2.45) is 0 Å². The lowest BCUT2D eigenvalue weighted by molar-refractivity contribution is -0.139. The molecule has 2 aromatic carbocycles. The molecule has 0 saturated carbocycles. The Balaban J connectivity index is 1.51. The van der Waals surface area contributed by atoms with Gasteiger partial charge in [0.05, 0.1) is 17.8 Å². The summed E-state index contributed by atoms with van der Waals surface area (Å²) in [5.74, 6) is -4.60. The molecule has 4 rings (SSSR count). The number of carbonyl (C=O) groups is 3. The normalized spacial score (nSPS) is 14.4. The summed E-state index contributed by atoms with van der Waals surface area (Å²) in [6.45, 7) is 1.53. The number of carbonyl (C=O) groups excluding carboxylic acids is 1. The topological polar surface area (TPSA) is 133 Å². The number of benzene rings is 2. The van der Waals surface area contributed by atoms with Crippen molar-refractivity contribution in [1.82, 2.24) is 20.2 Å². The van der Waals surface area contributed by atoms with Crippen LogP contribution in [0, 0.1) is 18.6 Å². The molecule has 1 amide bonds. The maximum Gasteiger partial charge on any atom is 0.335 e. The van der Waals surface area contributed by atoms with Gasteiger partial charge in [-0.2, -0.15) is 0 Å². The first-order chi connectivity index (χ1) is 17.6. The van der Waals surface area contributed by atoms with Gasteiger partial charge in [-0.15, -0.1) is 0 Å². The van der Waals surface area contributed by atoms with Crippen LogP contribution in [0.3, 0.4) is 0 Å². The third-order valence-corrected chi connectivity index (χ3v) is 6.43. The fraction of sp³-hybridized carbons (Fsp3) is 0.269. The van der Waals surface area contributed by atoms with E-state index in [2.05, 4.69) is 15.3 Å². The second-order valence-corrected chi connectivity index (χ2v) is 8.79. The fourth-order valence-corrected chi connectivity index (χ4v) is 4.66. The third kappa shape index (κ3) is 5.78. The second kappa shape index (κ2) is 10.8. The molecule has 0 aliphatic heterocycles. The maximum atomic E-state index is 13.4. The average molecular weight is 510 g/mol. The quantitative estimate of drug-likeness (QED) is 0.400. The molecule has 0 bridgehead atoms. The number of aliphatic carboxylic acids is 1. The summed E-state index contributed by atoms with van der Waals surface area (Å²) < 4.78 is 26.5. The summed E-state index contributed by atoms with van der Waals surface area (Å²) in [6.07, 6.45) is 2.43. The van der Waals surface area contributed by atoms with Gasteiger partial charge in [-0.3, -0.25) is 14.5 Å². The van der Waals surface area contributed by atoms with Crippen molar-refractivity contribution in [3.63, 3.8) is 0 Å². The van der Waals surface area contributed by atoms with Gasteiger partial charge in [-0.1, -0.05) is 12.1 Å². The molecular weight excluding hydrogens is 486 g/mol. The van der Waals surface area contributed by atoms with Crippen molar-refractivity contribution in [2.45, 2.75) is 38.9 Å². The number of aromatic carboxylic acids is 1. The molecule has 3 aromatic rings. The summed E-state index contributed by atoms with van der Waals surface area (Å²) >= 11 is 0. The molecule has 1 aromatic heterocycles. The first-order valence-corrected chi connectivity index (χ1v) is 11.5. The molecule has 3 N–H and O–H groups in total. The Morgan fingerprint density at radius 1 is 1.08 bits per heavy atom. The number of halogens is 2. The second-order valence-electron chi connectivity index (χ2n) is 8.79. The Labute approximate surface area is 210 Å². The van der Waals surface area contributed by atoms with Crippen LogP contribution < -0.4 is 5.32 Å². The smallest absolute Gasteiger partial charge is 0.335 e. The Morgan fingerprint density at radius 3 is 2.57 bits per heavy atom. The number of aromatic nitrogens is 2. The van der Waals surface area contributed by atoms with Gasteiger partial charge in [-0.05, 0) is 66.3 Å². The van der Waals surface area contributed by atoms with Crippen LogP contribution in [-0.4, -0.2) is 49.5 Å². The highest BCUT2D eigenvalue weighted by molar-refractivity contribution is 5.92. The van der Waals surface area contributed by atoms with E-state index in [0.29, 0.717) is 29.7 Å². The van der Waals surface area contributed by atoms with Gasteiger partial charge >= 0.3 is 11.9 Å². The minimum Gasteiger partial charge on any atom is -0.480 e. The number of nitrogens with zero attached hydrogens (tertiary/aromatic N) is 3. The zero-order chi connectivity index (χ0) is 26.7. The number of amides is 1. The number of hydrogen-bond acceptors (Lipinski definition) is 6. The van der Waals surface area contributed by atoms with Gasteiger partial charge in [0.1, 0.15) is 12.0 Å². The molecule has 1 atom stereocenters. The molecule has 0 radical (unpaired) electrons. The first-order valence-electron chi connectivity index (χ1n) is 11.5. The van der Waals surface area contributed by atoms with Gasteiger partial charge in [0.25, 0.3) is 5.91 Å². The zero-order valence-electron chi connectivity index (χ0n) is 19.9. The predicted molar refractivity (Wildman–Crippen MR) is 127 cm³/mol. The maximum absolute atomic E-state index is 13.4. The minimum absolute atomic E-state index is 0.0385. The highest BCUT2D eigenvalue weighted by Crippen LogP contribution is 2.39. The van der Waals surface area contributed by atoms with Crippen LogP contribution in [-0.2, 0) is 24.3 Å². The van der Waals surface area contributed by atoms with E-state index < -0.39 is 29.5 Å². The Hall–Kier alpha value is -4.25. The van der Waals surface area contributed by atoms with Crippen molar-refractivity contribution >= 4 is 17.8 Å². The van der Waals surface area contributed by atoms with Gasteiger partial charge in [0.15, 0.2) is 11.6 Å². The van der Waals surface area contributed by atoms with Crippen molar-refractivity contribution in [3.8, 4) is 0 Å². The summed E-state index contributed by atoms with van der Waals surface area (Å²) in [5.41, 5.74) is 3.50. The summed E-state index contributed by atoms with van der Waals surface area (Å²) in [5, 5.41) is 21.5. The third-order valence-electron chi connectivity index (χ3n) is 6.43. The van der Waals surface area contributed by atoms with E-state index in [1.807, 2.05) is 0 Å². The molecule has 1 unspecified atom stereocenters. The van der Waals surface area contributed by atoms with Crippen LogP contribution >= 0.6 is 0 Å². The van der Waals surface area contributed by atoms with Crippen LogP contribution in [0.1, 0.15) is 61.3 Å². The number of hydrogen-bond donors (Lipinski definition) is 3. The lowest BCUT2D eigenvalue weighted by atomic mass is 9.97. The standard InChI is InChI=1S/C26H24F2N4O5/c1-14-17-5-7-23(19(17)4-3-18(14)26(36)37)32(12-24(33)34)11-16-9-22(31-13-30-16)25(35)29-10-15-2-6-20(27)21(28)8-15/h2-4,6,8-9,13,23H,5,7,10-12H2,1H3,(H,29,35)(H,33,34)(H,36,37). The number of fused-ring (bicyclic) bond motifs is 1. The van der Waals surface area contributed by atoms with E-state index in [4.69, 9.17) is 0 Å². The number of carboxylic acid groups (broad SMARTS) is 2. The van der Waals surface area contributed by atoms with Gasteiger partial charge in [0.2, 0.25) is 0 Å². The molecule has 0 fully saturated rings. The largest absolute Gasteiger partial charge is 0.480 e. The monoisotopic (exact) mass is 510 g/mol. The van der Waals surface area contributed by atoms with Crippen LogP contribution in [0.2, 0.25) is 0 Å². The van der Waals surface area contributed by atoms with Crippen molar-refractivity contribution in [3.05, 3.63) is 93.6 Å². The Kier molecular flexibility index (Phi) is 7.53. The molecule has 192 valence electrons. The lowest BCUT2D eigenvalue weighted by Gasteiger charge is -2.28. The Bertz CT molecular complexity index is 1380. The lowest BCUT2D eigenvalue weighted by Crippen LogP contribution is -2.33. The molecule has 9 nitrogen and oxygen atoms in total. The van der Waals surface area contributed by atoms with Crippen molar-refractivity contribution in [1.29, 1.82) is 0 Å². The molecular formula is C26H24F2N4O5. The molecule has 1 aliphatic rings. The van der Waals surface area contributed by atoms with Gasteiger partial charge in [-0.25, -0.2) is 23.5 Å². The van der Waals surface area contributed by atoms with Crippen LogP contribution in [0.5, 0.6) is 0 Å². The number of rotatable bonds is 9. The van der Waals surface area contributed by atoms with E-state index in [9.17, 15) is 33.4 Å². The van der Waals surface area contributed by atoms with E-state index in [0.717, 1.165) is 23.3 Å². The van der Waals surface area contributed by atoms with Gasteiger partial charge in [0, 0.05) is 19.1 Å². The molecule has 37 heavy (non-hydrogen) atoms. The molecule has 1 aliphatic carbocycles. The highest BCUT2D eigenvalue weighted by atomic mass is 19.2. The Morgan fingerprint density at radius 2 is 1.86 bits per heavy atom.